The third-order valence-corrected chi connectivity index (χ3v) is 5.17. The second kappa shape index (κ2) is 6.52. The van der Waals surface area contributed by atoms with Crippen molar-refractivity contribution in [2.75, 3.05) is 6.54 Å². The number of hydrogen-bond acceptors (Lipinski definition) is 4. The van der Waals surface area contributed by atoms with Gasteiger partial charge in [0.1, 0.15) is 0 Å². The van der Waals surface area contributed by atoms with Crippen LogP contribution in [0.15, 0.2) is 66.9 Å². The maximum absolute atomic E-state index is 10.7. The van der Waals surface area contributed by atoms with Gasteiger partial charge in [0.2, 0.25) is 5.88 Å². The van der Waals surface area contributed by atoms with Crippen molar-refractivity contribution in [3.05, 3.63) is 83.7 Å². The van der Waals surface area contributed by atoms with Gasteiger partial charge in [-0.1, -0.05) is 42.5 Å². The van der Waals surface area contributed by atoms with Crippen LogP contribution in [0.5, 0.6) is 5.88 Å². The molecule has 3 heterocycles. The van der Waals surface area contributed by atoms with E-state index < -0.39 is 0 Å². The van der Waals surface area contributed by atoms with Gasteiger partial charge in [-0.3, -0.25) is 4.90 Å². The first kappa shape index (κ1) is 16.0. The van der Waals surface area contributed by atoms with Gasteiger partial charge in [-0.15, -0.1) is 0 Å². The molecule has 4 aromatic rings. The summed E-state index contributed by atoms with van der Waals surface area (Å²) >= 11 is 0. The Kier molecular flexibility index (Phi) is 3.87. The highest BCUT2D eigenvalue weighted by Gasteiger charge is 2.25. The molecule has 0 atom stereocenters. The van der Waals surface area contributed by atoms with Gasteiger partial charge in [0, 0.05) is 32.3 Å². The van der Waals surface area contributed by atoms with E-state index in [2.05, 4.69) is 57.4 Å². The predicted molar refractivity (Wildman–Crippen MR) is 105 cm³/mol. The van der Waals surface area contributed by atoms with Crippen molar-refractivity contribution in [2.45, 2.75) is 19.5 Å². The van der Waals surface area contributed by atoms with Crippen LogP contribution in [-0.4, -0.2) is 31.3 Å². The largest absolute Gasteiger partial charge is 0.493 e. The number of pyridine rings is 1. The van der Waals surface area contributed by atoms with Crippen LogP contribution in [0, 0.1) is 0 Å². The van der Waals surface area contributed by atoms with Crippen LogP contribution >= 0.6 is 0 Å². The monoisotopic (exact) mass is 356 g/mol. The van der Waals surface area contributed by atoms with Crippen LogP contribution in [0.2, 0.25) is 0 Å². The Bertz CT molecular complexity index is 1100. The Balaban J connectivity index is 1.40. The molecule has 5 nitrogen and oxygen atoms in total. The van der Waals surface area contributed by atoms with E-state index in [4.69, 9.17) is 0 Å². The highest BCUT2D eigenvalue weighted by molar-refractivity contribution is 5.82. The number of hydrogen-bond donors (Lipinski definition) is 1. The molecule has 5 heteroatoms. The van der Waals surface area contributed by atoms with E-state index in [1.807, 2.05) is 18.2 Å². The summed E-state index contributed by atoms with van der Waals surface area (Å²) in [6, 6.07) is 20.6. The maximum Gasteiger partial charge on any atom is 0.220 e. The standard InChI is InChI=1S/C22H20N4O/c27-22-19-15-25(14-16-8-9-17-5-1-2-6-18(17)13-16)12-10-20(19)24-26(22)21-7-3-4-11-23-21/h1-9,11,13,27H,10,12,14-15H2. The first-order valence-corrected chi connectivity index (χ1v) is 9.19. The van der Waals surface area contributed by atoms with Crippen LogP contribution in [0.1, 0.15) is 16.8 Å². The van der Waals surface area contributed by atoms with Gasteiger partial charge < -0.3 is 5.11 Å². The summed E-state index contributed by atoms with van der Waals surface area (Å²) in [7, 11) is 0. The van der Waals surface area contributed by atoms with Crippen molar-refractivity contribution in [2.24, 2.45) is 0 Å². The summed E-state index contributed by atoms with van der Waals surface area (Å²) in [5.74, 6) is 0.845. The molecule has 0 bridgehead atoms. The summed E-state index contributed by atoms with van der Waals surface area (Å²) < 4.78 is 1.55. The molecular weight excluding hydrogens is 336 g/mol. The van der Waals surface area contributed by atoms with Gasteiger partial charge in [-0.2, -0.15) is 9.78 Å². The fraction of sp³-hybridized carbons (Fsp3) is 0.182. The lowest BCUT2D eigenvalue weighted by atomic mass is 10.0. The van der Waals surface area contributed by atoms with Crippen LogP contribution in [0.4, 0.5) is 0 Å². The smallest absolute Gasteiger partial charge is 0.220 e. The normalized spacial score (nSPS) is 14.4. The number of aromatic nitrogens is 3. The minimum absolute atomic E-state index is 0.201. The molecular formula is C22H20N4O. The highest BCUT2D eigenvalue weighted by Crippen LogP contribution is 2.30. The molecule has 0 fully saturated rings. The molecule has 27 heavy (non-hydrogen) atoms. The molecule has 5 rings (SSSR count). The minimum atomic E-state index is 0.201. The Morgan fingerprint density at radius 3 is 2.67 bits per heavy atom. The zero-order valence-corrected chi connectivity index (χ0v) is 14.9. The third-order valence-electron chi connectivity index (χ3n) is 5.17. The summed E-state index contributed by atoms with van der Waals surface area (Å²) in [5.41, 5.74) is 3.16. The average Bonchev–Trinajstić information content (AvgIpc) is 3.05. The van der Waals surface area contributed by atoms with Crippen LogP contribution in [0.3, 0.4) is 0 Å². The Morgan fingerprint density at radius 1 is 0.963 bits per heavy atom. The van der Waals surface area contributed by atoms with Gasteiger partial charge in [-0.05, 0) is 34.5 Å². The number of benzene rings is 2. The minimum Gasteiger partial charge on any atom is -0.493 e. The van der Waals surface area contributed by atoms with E-state index in [1.165, 1.54) is 16.3 Å². The molecule has 1 aliphatic heterocycles. The van der Waals surface area contributed by atoms with E-state index >= 15 is 0 Å². The van der Waals surface area contributed by atoms with Gasteiger partial charge in [-0.25, -0.2) is 4.98 Å². The fourth-order valence-electron chi connectivity index (χ4n) is 3.78. The van der Waals surface area contributed by atoms with Crippen LogP contribution < -0.4 is 0 Å². The second-order valence-electron chi connectivity index (χ2n) is 6.99. The number of aromatic hydroxyl groups is 1. The molecule has 0 radical (unpaired) electrons. The second-order valence-corrected chi connectivity index (χ2v) is 6.99. The predicted octanol–water partition coefficient (Wildman–Crippen LogP) is 3.68. The zero-order valence-electron chi connectivity index (χ0n) is 14.9. The first-order chi connectivity index (χ1) is 13.3. The van der Waals surface area contributed by atoms with Crippen molar-refractivity contribution in [3.63, 3.8) is 0 Å². The summed E-state index contributed by atoms with van der Waals surface area (Å²) in [5, 5.41) is 17.8. The summed E-state index contributed by atoms with van der Waals surface area (Å²) in [6.45, 7) is 2.48. The molecule has 0 spiro atoms. The van der Waals surface area contributed by atoms with E-state index in [1.54, 1.807) is 10.9 Å². The lowest BCUT2D eigenvalue weighted by molar-refractivity contribution is 0.241. The van der Waals surface area contributed by atoms with Crippen molar-refractivity contribution < 1.29 is 5.11 Å². The molecule has 1 aliphatic rings. The number of nitrogens with zero attached hydrogens (tertiary/aromatic N) is 4. The topological polar surface area (TPSA) is 54.2 Å². The summed E-state index contributed by atoms with van der Waals surface area (Å²) in [6.07, 6.45) is 2.54. The molecule has 134 valence electrons. The van der Waals surface area contributed by atoms with Gasteiger partial charge in [0.05, 0.1) is 11.3 Å². The van der Waals surface area contributed by atoms with E-state index in [-0.39, 0.29) is 5.88 Å². The lowest BCUT2D eigenvalue weighted by Gasteiger charge is -2.26. The highest BCUT2D eigenvalue weighted by atomic mass is 16.3. The molecule has 2 aromatic heterocycles. The quantitative estimate of drug-likeness (QED) is 0.608. The molecule has 0 aliphatic carbocycles. The molecule has 1 N–H and O–H groups in total. The average molecular weight is 356 g/mol. The molecule has 0 unspecified atom stereocenters. The van der Waals surface area contributed by atoms with E-state index in [0.29, 0.717) is 12.4 Å². The lowest BCUT2D eigenvalue weighted by Crippen LogP contribution is -2.29. The van der Waals surface area contributed by atoms with Crippen molar-refractivity contribution in [3.8, 4) is 11.7 Å². The maximum atomic E-state index is 10.7. The van der Waals surface area contributed by atoms with Crippen molar-refractivity contribution in [1.82, 2.24) is 19.7 Å². The van der Waals surface area contributed by atoms with Crippen LogP contribution in [-0.2, 0) is 19.5 Å². The molecule has 0 amide bonds. The fourth-order valence-corrected chi connectivity index (χ4v) is 3.78. The van der Waals surface area contributed by atoms with Gasteiger partial charge in [0.25, 0.3) is 0 Å². The van der Waals surface area contributed by atoms with Crippen molar-refractivity contribution in [1.29, 1.82) is 0 Å². The molecule has 0 saturated heterocycles. The van der Waals surface area contributed by atoms with Gasteiger partial charge in [0.15, 0.2) is 5.82 Å². The first-order valence-electron chi connectivity index (χ1n) is 9.19. The van der Waals surface area contributed by atoms with Crippen LogP contribution in [0.25, 0.3) is 16.6 Å². The molecule has 0 saturated carbocycles. The Labute approximate surface area is 157 Å². The number of rotatable bonds is 3. The zero-order chi connectivity index (χ0) is 18.2. The SMILES string of the molecule is Oc1c2c(nn1-c1ccccn1)CCN(Cc1ccc3ccccc3c1)C2. The van der Waals surface area contributed by atoms with E-state index in [9.17, 15) is 5.11 Å². The third kappa shape index (κ3) is 2.96. The number of fused-ring (bicyclic) bond motifs is 2. The van der Waals surface area contributed by atoms with Gasteiger partial charge >= 0.3 is 0 Å². The van der Waals surface area contributed by atoms with Crippen molar-refractivity contribution >= 4 is 10.8 Å². The Morgan fingerprint density at radius 2 is 1.81 bits per heavy atom. The Hall–Kier alpha value is -3.18. The summed E-state index contributed by atoms with van der Waals surface area (Å²) in [4.78, 5) is 6.65. The molecule has 2 aromatic carbocycles. The van der Waals surface area contributed by atoms with E-state index in [0.717, 1.165) is 30.8 Å².